The summed E-state index contributed by atoms with van der Waals surface area (Å²) in [6.07, 6.45) is -3.90. The average molecular weight is 327 g/mol. The topological polar surface area (TPSA) is 77.3 Å². The number of carbonyl (C=O) groups is 1. The Morgan fingerprint density at radius 1 is 1.43 bits per heavy atom. The maximum atomic E-state index is 12.5. The van der Waals surface area contributed by atoms with Crippen LogP contribution in [0.3, 0.4) is 0 Å². The monoisotopic (exact) mass is 327 g/mol. The summed E-state index contributed by atoms with van der Waals surface area (Å²) < 4.78 is 46.4. The molecule has 0 fully saturated rings. The van der Waals surface area contributed by atoms with Crippen LogP contribution in [0.2, 0.25) is 0 Å². The highest BCUT2D eigenvalue weighted by Gasteiger charge is 2.34. The molecule has 122 valence electrons. The van der Waals surface area contributed by atoms with Gasteiger partial charge in [0.2, 0.25) is 11.8 Å². The lowest BCUT2D eigenvalue weighted by Gasteiger charge is -2.19. The quantitative estimate of drug-likeness (QED) is 0.854. The van der Waals surface area contributed by atoms with Gasteiger partial charge in [0.25, 0.3) is 0 Å². The molecular weight excluding hydrogens is 315 g/mol. The summed E-state index contributed by atoms with van der Waals surface area (Å²) in [6.45, 7) is 4.82. The molecule has 0 spiro atoms. The fourth-order valence-corrected chi connectivity index (χ4v) is 1.85. The predicted molar refractivity (Wildman–Crippen MR) is 72.3 cm³/mol. The number of benzene rings is 1. The fraction of sp³-hybridized carbons (Fsp3) is 0.214. The van der Waals surface area contributed by atoms with Crippen LogP contribution < -0.4 is 10.1 Å². The maximum Gasteiger partial charge on any atom is 0.573 e. The second-order valence-electron chi connectivity index (χ2n) is 4.40. The summed E-state index contributed by atoms with van der Waals surface area (Å²) in [5.41, 5.74) is 0.0285. The number of aryl methyl sites for hydroxylation is 1. The van der Waals surface area contributed by atoms with Crippen LogP contribution in [-0.4, -0.2) is 22.4 Å². The van der Waals surface area contributed by atoms with Gasteiger partial charge in [0.1, 0.15) is 11.8 Å². The zero-order chi connectivity index (χ0) is 17.0. The zero-order valence-corrected chi connectivity index (χ0v) is 11.9. The number of nitrogens with zero attached hydrogens (tertiary/aromatic N) is 2. The van der Waals surface area contributed by atoms with Crippen molar-refractivity contribution in [2.75, 3.05) is 0 Å². The first-order valence-electron chi connectivity index (χ1n) is 6.38. The second kappa shape index (κ2) is 6.51. The molecular formula is C14H12F3N3O3. The number of hydrogen-bond donors (Lipinski definition) is 1. The van der Waals surface area contributed by atoms with Crippen LogP contribution in [-0.2, 0) is 4.79 Å². The highest BCUT2D eigenvalue weighted by molar-refractivity contribution is 5.87. The number of ether oxygens (including phenoxy) is 1. The minimum absolute atomic E-state index is 0.00377. The Morgan fingerprint density at radius 3 is 2.70 bits per heavy atom. The molecule has 2 aromatic rings. The molecule has 0 radical (unpaired) electrons. The molecule has 2 rings (SSSR count). The summed E-state index contributed by atoms with van der Waals surface area (Å²) in [7, 11) is 0. The van der Waals surface area contributed by atoms with Gasteiger partial charge in [-0.2, -0.15) is 4.98 Å². The van der Waals surface area contributed by atoms with E-state index < -0.39 is 24.1 Å². The Morgan fingerprint density at radius 2 is 2.13 bits per heavy atom. The largest absolute Gasteiger partial charge is 0.573 e. The lowest BCUT2D eigenvalue weighted by atomic mass is 10.0. The number of amides is 1. The van der Waals surface area contributed by atoms with Crippen LogP contribution in [0.5, 0.6) is 5.75 Å². The van der Waals surface area contributed by atoms with E-state index in [1.165, 1.54) is 25.1 Å². The molecule has 1 atom stereocenters. The number of halogens is 3. The van der Waals surface area contributed by atoms with Gasteiger partial charge < -0.3 is 14.6 Å². The van der Waals surface area contributed by atoms with Crippen molar-refractivity contribution < 1.29 is 27.2 Å². The van der Waals surface area contributed by atoms with E-state index in [1.54, 1.807) is 0 Å². The number of alkyl halides is 3. The van der Waals surface area contributed by atoms with Crippen LogP contribution in [0.4, 0.5) is 13.2 Å². The minimum atomic E-state index is -4.88. The predicted octanol–water partition coefficient (Wildman–Crippen LogP) is 2.67. The van der Waals surface area contributed by atoms with E-state index >= 15 is 0 Å². The average Bonchev–Trinajstić information content (AvgIpc) is 2.90. The number of para-hydroxylation sites is 1. The standard InChI is InChI=1S/C14H12F3N3O3/c1-3-11(21)19-12(13-18-8(2)23-20-13)9-6-4-5-7-10(9)22-14(15,16)17/h3-7,12H,1H2,2H3,(H,19,21). The lowest BCUT2D eigenvalue weighted by molar-refractivity contribution is -0.275. The van der Waals surface area contributed by atoms with Crippen LogP contribution in [0.1, 0.15) is 23.3 Å². The maximum absolute atomic E-state index is 12.5. The molecule has 0 aliphatic carbocycles. The third-order valence-electron chi connectivity index (χ3n) is 2.73. The van der Waals surface area contributed by atoms with Gasteiger partial charge in [0.15, 0.2) is 5.82 Å². The van der Waals surface area contributed by atoms with Gasteiger partial charge >= 0.3 is 6.36 Å². The van der Waals surface area contributed by atoms with E-state index in [-0.39, 0.29) is 17.3 Å². The van der Waals surface area contributed by atoms with E-state index in [0.29, 0.717) is 0 Å². The van der Waals surface area contributed by atoms with Crippen molar-refractivity contribution in [1.29, 1.82) is 0 Å². The Hall–Kier alpha value is -2.84. The molecule has 23 heavy (non-hydrogen) atoms. The highest BCUT2D eigenvalue weighted by Crippen LogP contribution is 2.32. The summed E-state index contributed by atoms with van der Waals surface area (Å²) in [4.78, 5) is 15.5. The smallest absolute Gasteiger partial charge is 0.405 e. The molecule has 0 saturated carbocycles. The number of carbonyl (C=O) groups excluding carboxylic acids is 1. The van der Waals surface area contributed by atoms with Crippen LogP contribution in [0, 0.1) is 6.92 Å². The van der Waals surface area contributed by atoms with Gasteiger partial charge in [0.05, 0.1) is 0 Å². The Kier molecular flexibility index (Phi) is 4.68. The first-order valence-corrected chi connectivity index (χ1v) is 6.38. The Bertz CT molecular complexity index is 713. The summed E-state index contributed by atoms with van der Waals surface area (Å²) in [5.74, 6) is -0.890. The van der Waals surface area contributed by atoms with E-state index in [4.69, 9.17) is 4.52 Å². The summed E-state index contributed by atoms with van der Waals surface area (Å²) in [6, 6.07) is 4.28. The van der Waals surface area contributed by atoms with Crippen molar-refractivity contribution >= 4 is 5.91 Å². The van der Waals surface area contributed by atoms with Crippen molar-refractivity contribution in [3.05, 3.63) is 54.2 Å². The molecule has 0 aliphatic heterocycles. The molecule has 1 N–H and O–H groups in total. The van der Waals surface area contributed by atoms with E-state index in [0.717, 1.165) is 12.1 Å². The van der Waals surface area contributed by atoms with E-state index in [2.05, 4.69) is 26.8 Å². The van der Waals surface area contributed by atoms with Crippen LogP contribution in [0.15, 0.2) is 41.4 Å². The number of hydrogen-bond acceptors (Lipinski definition) is 5. The van der Waals surface area contributed by atoms with Gasteiger partial charge in [-0.05, 0) is 12.1 Å². The Balaban J connectivity index is 2.47. The van der Waals surface area contributed by atoms with E-state index in [9.17, 15) is 18.0 Å². The van der Waals surface area contributed by atoms with E-state index in [1.807, 2.05) is 0 Å². The molecule has 0 saturated heterocycles. The summed E-state index contributed by atoms with van der Waals surface area (Å²) >= 11 is 0. The molecule has 1 unspecified atom stereocenters. The number of rotatable bonds is 5. The fourth-order valence-electron chi connectivity index (χ4n) is 1.85. The molecule has 6 nitrogen and oxygen atoms in total. The van der Waals surface area contributed by atoms with Gasteiger partial charge in [-0.3, -0.25) is 4.79 Å². The molecule has 1 aromatic carbocycles. The van der Waals surface area contributed by atoms with Gasteiger partial charge in [-0.15, -0.1) is 13.2 Å². The zero-order valence-electron chi connectivity index (χ0n) is 11.9. The molecule has 1 heterocycles. The molecule has 0 bridgehead atoms. The van der Waals surface area contributed by atoms with Crippen molar-refractivity contribution in [1.82, 2.24) is 15.5 Å². The third kappa shape index (κ3) is 4.31. The lowest BCUT2D eigenvalue weighted by Crippen LogP contribution is -2.29. The van der Waals surface area contributed by atoms with Gasteiger partial charge in [-0.1, -0.05) is 29.9 Å². The van der Waals surface area contributed by atoms with Gasteiger partial charge in [-0.25, -0.2) is 0 Å². The van der Waals surface area contributed by atoms with Crippen LogP contribution >= 0.6 is 0 Å². The second-order valence-corrected chi connectivity index (χ2v) is 4.40. The number of aromatic nitrogens is 2. The Labute approximate surface area is 128 Å². The highest BCUT2D eigenvalue weighted by atomic mass is 19.4. The molecule has 1 aromatic heterocycles. The van der Waals surface area contributed by atoms with Crippen molar-refractivity contribution in [3.8, 4) is 5.75 Å². The first-order chi connectivity index (χ1) is 10.8. The molecule has 1 amide bonds. The molecule has 9 heteroatoms. The van der Waals surface area contributed by atoms with Crippen molar-refractivity contribution in [2.45, 2.75) is 19.3 Å². The third-order valence-corrected chi connectivity index (χ3v) is 2.73. The number of nitrogens with one attached hydrogen (secondary N) is 1. The van der Waals surface area contributed by atoms with Gasteiger partial charge in [0, 0.05) is 12.5 Å². The van der Waals surface area contributed by atoms with Crippen molar-refractivity contribution in [3.63, 3.8) is 0 Å². The minimum Gasteiger partial charge on any atom is -0.405 e. The first kappa shape index (κ1) is 16.5. The summed E-state index contributed by atoms with van der Waals surface area (Å²) in [5, 5.41) is 6.09. The molecule has 0 aliphatic rings. The van der Waals surface area contributed by atoms with Crippen LogP contribution in [0.25, 0.3) is 0 Å². The SMILES string of the molecule is C=CC(=O)NC(c1noc(C)n1)c1ccccc1OC(F)(F)F. The normalized spacial score (nSPS) is 12.5. The van der Waals surface area contributed by atoms with Crippen molar-refractivity contribution in [2.24, 2.45) is 0 Å².